The highest BCUT2D eigenvalue weighted by Crippen LogP contribution is 2.54. The summed E-state index contributed by atoms with van der Waals surface area (Å²) in [6, 6.07) is 24.1. The second-order valence-corrected chi connectivity index (χ2v) is 10.5. The third-order valence-electron chi connectivity index (χ3n) is 7.86. The van der Waals surface area contributed by atoms with E-state index in [2.05, 4.69) is 33.5 Å². The number of aromatic nitrogens is 2. The fourth-order valence-corrected chi connectivity index (χ4v) is 5.88. The lowest BCUT2D eigenvalue weighted by atomic mass is 9.84. The van der Waals surface area contributed by atoms with Gasteiger partial charge >= 0.3 is 0 Å². The maximum Gasteiger partial charge on any atom is 0.251 e. The highest BCUT2D eigenvalue weighted by atomic mass is 16.5. The third kappa shape index (κ3) is 4.15. The zero-order valence-electron chi connectivity index (χ0n) is 22.3. The molecule has 7 nitrogen and oxygen atoms in total. The van der Waals surface area contributed by atoms with Crippen molar-refractivity contribution < 1.29 is 13.9 Å². The Morgan fingerprint density at radius 1 is 0.900 bits per heavy atom. The standard InChI is InChI=1S/C33H28N4O3/c1-18-12-29(34)36-19(2)28(18)16-35-32(38)22-9-11-25-27(15-22)31-24-10-8-20(14-26(24)30(25)40-31)13-23-17-39-33(37-23)21-6-4-3-5-7-21/h3-12,14-15,17,30-31H,13,16H2,1-2H3,(H2,34,36)(H,35,38). The minimum atomic E-state index is -0.167. The zero-order valence-corrected chi connectivity index (χ0v) is 22.3. The fourth-order valence-electron chi connectivity index (χ4n) is 5.88. The topological polar surface area (TPSA) is 103 Å². The van der Waals surface area contributed by atoms with Crippen molar-refractivity contribution in [2.75, 3.05) is 5.73 Å². The van der Waals surface area contributed by atoms with Crippen LogP contribution in [0.4, 0.5) is 5.82 Å². The lowest BCUT2D eigenvalue weighted by Gasteiger charge is -2.18. The summed E-state index contributed by atoms with van der Waals surface area (Å²) in [4.78, 5) is 22.1. The molecular weight excluding hydrogens is 500 g/mol. The van der Waals surface area contributed by atoms with Crippen molar-refractivity contribution in [1.82, 2.24) is 15.3 Å². The minimum Gasteiger partial charge on any atom is -0.444 e. The van der Waals surface area contributed by atoms with Crippen molar-refractivity contribution in [2.45, 2.75) is 39.0 Å². The molecule has 7 rings (SSSR count). The molecule has 1 amide bonds. The number of fused-ring (bicyclic) bond motifs is 8. The van der Waals surface area contributed by atoms with Gasteiger partial charge < -0.3 is 20.2 Å². The number of aryl methyl sites for hydroxylation is 2. The summed E-state index contributed by atoms with van der Waals surface area (Å²) in [7, 11) is 0. The first kappa shape index (κ1) is 24.3. The predicted molar refractivity (Wildman–Crippen MR) is 152 cm³/mol. The maximum atomic E-state index is 13.1. The van der Waals surface area contributed by atoms with Gasteiger partial charge in [0.05, 0.1) is 5.69 Å². The summed E-state index contributed by atoms with van der Waals surface area (Å²) in [6.07, 6.45) is 2.11. The van der Waals surface area contributed by atoms with Gasteiger partial charge in [-0.2, -0.15) is 0 Å². The van der Waals surface area contributed by atoms with E-state index in [4.69, 9.17) is 14.9 Å². The van der Waals surface area contributed by atoms with Crippen LogP contribution < -0.4 is 11.1 Å². The fraction of sp³-hybridized carbons (Fsp3) is 0.182. The Labute approximate surface area is 232 Å². The number of hydrogen-bond acceptors (Lipinski definition) is 6. The van der Waals surface area contributed by atoms with Crippen LogP contribution >= 0.6 is 0 Å². The molecule has 0 spiro atoms. The lowest BCUT2D eigenvalue weighted by Crippen LogP contribution is -2.24. The Balaban J connectivity index is 1.07. The van der Waals surface area contributed by atoms with Gasteiger partial charge in [-0.25, -0.2) is 9.97 Å². The first-order valence-electron chi connectivity index (χ1n) is 13.4. The van der Waals surface area contributed by atoms with E-state index in [9.17, 15) is 4.79 Å². The number of amides is 1. The predicted octanol–water partition coefficient (Wildman–Crippen LogP) is 5.98. The Bertz CT molecular complexity index is 1750. The average Bonchev–Trinajstić information content (AvgIpc) is 3.67. The molecule has 2 unspecified atom stereocenters. The van der Waals surface area contributed by atoms with Crippen LogP contribution in [0.5, 0.6) is 0 Å². The van der Waals surface area contributed by atoms with E-state index in [1.54, 1.807) is 6.26 Å². The number of anilines is 1. The normalized spacial score (nSPS) is 16.6. The number of nitrogen functional groups attached to an aromatic ring is 1. The van der Waals surface area contributed by atoms with Crippen molar-refractivity contribution in [3.63, 3.8) is 0 Å². The number of hydrogen-bond donors (Lipinski definition) is 2. The molecule has 198 valence electrons. The Morgan fingerprint density at radius 3 is 2.42 bits per heavy atom. The van der Waals surface area contributed by atoms with E-state index in [1.165, 1.54) is 5.56 Å². The van der Waals surface area contributed by atoms with Gasteiger partial charge in [-0.1, -0.05) is 42.5 Å². The molecule has 4 heterocycles. The number of oxazole rings is 1. The summed E-state index contributed by atoms with van der Waals surface area (Å²) < 4.78 is 12.1. The Morgan fingerprint density at radius 2 is 1.65 bits per heavy atom. The molecule has 2 aliphatic heterocycles. The Hall–Kier alpha value is -4.75. The number of pyridine rings is 1. The van der Waals surface area contributed by atoms with Crippen molar-refractivity contribution in [1.29, 1.82) is 0 Å². The van der Waals surface area contributed by atoms with Gasteiger partial charge in [-0.15, -0.1) is 0 Å². The van der Waals surface area contributed by atoms with Crippen LogP contribution in [0, 0.1) is 13.8 Å². The maximum absolute atomic E-state index is 13.1. The number of carbonyl (C=O) groups is 1. The zero-order chi connectivity index (χ0) is 27.4. The average molecular weight is 529 g/mol. The highest BCUT2D eigenvalue weighted by molar-refractivity contribution is 5.94. The molecule has 0 aliphatic carbocycles. The minimum absolute atomic E-state index is 0.126. The van der Waals surface area contributed by atoms with Crippen LogP contribution in [-0.2, 0) is 17.7 Å². The number of nitrogens with two attached hydrogens (primary N) is 1. The van der Waals surface area contributed by atoms with Crippen molar-refractivity contribution in [3.8, 4) is 11.5 Å². The molecule has 2 aliphatic rings. The highest BCUT2D eigenvalue weighted by Gasteiger charge is 2.43. The molecule has 3 aromatic carbocycles. The van der Waals surface area contributed by atoms with E-state index in [-0.39, 0.29) is 18.1 Å². The molecule has 2 atom stereocenters. The van der Waals surface area contributed by atoms with Gasteiger partial charge in [0.25, 0.3) is 5.91 Å². The van der Waals surface area contributed by atoms with Crippen LogP contribution in [-0.4, -0.2) is 15.9 Å². The second-order valence-electron chi connectivity index (χ2n) is 10.5. The van der Waals surface area contributed by atoms with Crippen molar-refractivity contribution in [3.05, 3.63) is 135 Å². The van der Waals surface area contributed by atoms with E-state index < -0.39 is 0 Å². The van der Waals surface area contributed by atoms with Crippen LogP contribution in [0.1, 0.15) is 72.9 Å². The monoisotopic (exact) mass is 528 g/mol. The smallest absolute Gasteiger partial charge is 0.251 e. The van der Waals surface area contributed by atoms with Crippen molar-refractivity contribution in [2.24, 2.45) is 0 Å². The number of nitrogens with zero attached hydrogens (tertiary/aromatic N) is 2. The summed E-state index contributed by atoms with van der Waals surface area (Å²) in [5, 5.41) is 3.04. The van der Waals surface area contributed by atoms with Gasteiger partial charge in [-0.3, -0.25) is 4.79 Å². The molecule has 0 saturated heterocycles. The lowest BCUT2D eigenvalue weighted by molar-refractivity contribution is 0.0857. The summed E-state index contributed by atoms with van der Waals surface area (Å²) in [6.45, 7) is 4.28. The van der Waals surface area contributed by atoms with E-state index >= 15 is 0 Å². The molecule has 0 radical (unpaired) electrons. The van der Waals surface area contributed by atoms with Gasteiger partial charge in [0.2, 0.25) is 5.89 Å². The largest absolute Gasteiger partial charge is 0.444 e. The molecule has 0 fully saturated rings. The Kier molecular flexibility index (Phi) is 5.75. The third-order valence-corrected chi connectivity index (χ3v) is 7.86. The molecule has 5 aromatic rings. The molecular formula is C33H28N4O3. The second kappa shape index (κ2) is 9.47. The molecule has 2 aromatic heterocycles. The number of ether oxygens (including phenoxy) is 1. The number of nitrogens with one attached hydrogen (secondary N) is 1. The number of carbonyl (C=O) groups excluding carboxylic acids is 1. The first-order chi connectivity index (χ1) is 19.4. The quantitative estimate of drug-likeness (QED) is 0.281. The molecule has 3 N–H and O–H groups in total. The summed E-state index contributed by atoms with van der Waals surface area (Å²) >= 11 is 0. The van der Waals surface area contributed by atoms with Gasteiger partial charge in [0.15, 0.2) is 0 Å². The number of benzene rings is 3. The molecule has 2 bridgehead atoms. The van der Waals surface area contributed by atoms with Crippen LogP contribution in [0.2, 0.25) is 0 Å². The van der Waals surface area contributed by atoms with E-state index in [0.29, 0.717) is 30.2 Å². The molecule has 7 heteroatoms. The van der Waals surface area contributed by atoms with E-state index in [0.717, 1.165) is 50.3 Å². The van der Waals surface area contributed by atoms with Gasteiger partial charge in [0, 0.05) is 29.8 Å². The van der Waals surface area contributed by atoms with Gasteiger partial charge in [-0.05, 0) is 83.1 Å². The van der Waals surface area contributed by atoms with Gasteiger partial charge in [0.1, 0.15) is 24.3 Å². The molecule has 0 saturated carbocycles. The van der Waals surface area contributed by atoms with Crippen LogP contribution in [0.15, 0.2) is 83.5 Å². The summed E-state index contributed by atoms with van der Waals surface area (Å²) in [5.74, 6) is 0.990. The number of rotatable bonds is 6. The van der Waals surface area contributed by atoms with E-state index in [1.807, 2.05) is 68.4 Å². The molecule has 40 heavy (non-hydrogen) atoms. The van der Waals surface area contributed by atoms with Crippen LogP contribution in [0.25, 0.3) is 11.5 Å². The van der Waals surface area contributed by atoms with Crippen LogP contribution in [0.3, 0.4) is 0 Å². The van der Waals surface area contributed by atoms with Crippen molar-refractivity contribution >= 4 is 11.7 Å². The first-order valence-corrected chi connectivity index (χ1v) is 13.4. The summed E-state index contributed by atoms with van der Waals surface area (Å²) in [5.41, 5.74) is 16.8. The SMILES string of the molecule is Cc1cc(N)nc(C)c1CNC(=O)c1ccc2c(c1)C1OC2c2cc(Cc3coc(-c4ccccc4)n3)ccc21.